The lowest BCUT2D eigenvalue weighted by Crippen LogP contribution is -2.44. The van der Waals surface area contributed by atoms with Gasteiger partial charge in [0.15, 0.2) is 5.82 Å². The van der Waals surface area contributed by atoms with Crippen molar-refractivity contribution in [3.05, 3.63) is 23.3 Å². The fourth-order valence-corrected chi connectivity index (χ4v) is 3.87. The van der Waals surface area contributed by atoms with E-state index in [1.807, 2.05) is 13.8 Å². The summed E-state index contributed by atoms with van der Waals surface area (Å²) < 4.78 is 27.5. The number of esters is 1. The number of rotatable bonds is 4. The normalized spacial score (nSPS) is 19.5. The SMILES string of the molecule is CC(=O)OC1COCCC1Nc1ncc2c(F)c(C#C[Si](C)(C)C)c(C(C)C)n2n1. The van der Waals surface area contributed by atoms with Gasteiger partial charge in [0.05, 0.1) is 30.1 Å². The molecule has 0 amide bonds. The van der Waals surface area contributed by atoms with Gasteiger partial charge >= 0.3 is 5.97 Å². The Labute approximate surface area is 177 Å². The van der Waals surface area contributed by atoms with E-state index >= 15 is 4.39 Å². The summed E-state index contributed by atoms with van der Waals surface area (Å²) in [5, 5.41) is 7.77. The molecule has 3 heterocycles. The molecule has 9 heteroatoms. The molecule has 0 spiro atoms. The molecule has 1 N–H and O–H groups in total. The van der Waals surface area contributed by atoms with Crippen molar-refractivity contribution in [1.29, 1.82) is 0 Å². The number of halogens is 1. The smallest absolute Gasteiger partial charge is 0.303 e. The summed E-state index contributed by atoms with van der Waals surface area (Å²) >= 11 is 0. The van der Waals surface area contributed by atoms with Crippen LogP contribution in [-0.2, 0) is 14.3 Å². The van der Waals surface area contributed by atoms with Crippen molar-refractivity contribution >= 4 is 25.5 Å². The molecule has 162 valence electrons. The van der Waals surface area contributed by atoms with Crippen molar-refractivity contribution in [1.82, 2.24) is 14.6 Å². The number of nitrogens with one attached hydrogen (secondary N) is 1. The largest absolute Gasteiger partial charge is 0.458 e. The van der Waals surface area contributed by atoms with E-state index in [4.69, 9.17) is 9.47 Å². The van der Waals surface area contributed by atoms with Crippen molar-refractivity contribution in [3.63, 3.8) is 0 Å². The van der Waals surface area contributed by atoms with E-state index in [0.717, 1.165) is 5.69 Å². The monoisotopic (exact) mass is 432 g/mol. The van der Waals surface area contributed by atoms with Crippen LogP contribution in [0.4, 0.5) is 10.3 Å². The van der Waals surface area contributed by atoms with Gasteiger partial charge in [-0.25, -0.2) is 13.9 Å². The molecule has 1 saturated heterocycles. The third kappa shape index (κ3) is 4.99. The first-order valence-electron chi connectivity index (χ1n) is 10.2. The average molecular weight is 433 g/mol. The van der Waals surface area contributed by atoms with E-state index in [1.54, 1.807) is 4.52 Å². The van der Waals surface area contributed by atoms with Crippen LogP contribution in [0.25, 0.3) is 5.52 Å². The molecule has 0 aliphatic carbocycles. The fraction of sp³-hybridized carbons (Fsp3) is 0.571. The van der Waals surface area contributed by atoms with E-state index in [2.05, 4.69) is 46.5 Å². The first kappa shape index (κ1) is 22.2. The second-order valence-corrected chi connectivity index (χ2v) is 13.6. The summed E-state index contributed by atoms with van der Waals surface area (Å²) in [6, 6.07) is -0.186. The summed E-state index contributed by atoms with van der Waals surface area (Å²) in [7, 11) is -1.67. The standard InChI is InChI=1S/C21H29FN4O3Si/c1-13(2)20-15(8-10-30(4,5)6)19(22)17-11-23-21(25-26(17)20)24-16-7-9-28-12-18(16)29-14(3)27/h11,13,16,18H,7,9,12H2,1-6H3,(H,24,25). The molecule has 1 aliphatic rings. The van der Waals surface area contributed by atoms with Crippen molar-refractivity contribution < 1.29 is 18.7 Å². The number of ether oxygens (including phenoxy) is 2. The van der Waals surface area contributed by atoms with Gasteiger partial charge in [-0.1, -0.05) is 39.4 Å². The summed E-state index contributed by atoms with van der Waals surface area (Å²) in [4.78, 5) is 15.7. The molecule has 2 unspecified atom stereocenters. The fourth-order valence-electron chi connectivity index (χ4n) is 3.37. The van der Waals surface area contributed by atoms with Gasteiger partial charge in [-0.3, -0.25) is 4.79 Å². The zero-order valence-corrected chi connectivity index (χ0v) is 19.4. The number of nitrogens with zero attached hydrogens (tertiary/aromatic N) is 3. The Bertz CT molecular complexity index is 1000. The van der Waals surface area contributed by atoms with Crippen molar-refractivity contribution in [2.45, 2.75) is 64.9 Å². The summed E-state index contributed by atoms with van der Waals surface area (Å²) in [6.45, 7) is 12.6. The molecule has 1 aliphatic heterocycles. The number of hydrogen-bond acceptors (Lipinski definition) is 6. The molecule has 2 aromatic rings. The highest BCUT2D eigenvalue weighted by Crippen LogP contribution is 2.27. The molecule has 7 nitrogen and oxygen atoms in total. The molecule has 2 atom stereocenters. The lowest BCUT2D eigenvalue weighted by Gasteiger charge is -2.31. The van der Waals surface area contributed by atoms with E-state index in [9.17, 15) is 4.79 Å². The number of carbonyl (C=O) groups is 1. The summed E-state index contributed by atoms with van der Waals surface area (Å²) in [5.74, 6) is 2.68. The van der Waals surface area contributed by atoms with Crippen LogP contribution in [0.15, 0.2) is 6.20 Å². The predicted molar refractivity (Wildman–Crippen MR) is 116 cm³/mol. The van der Waals surface area contributed by atoms with E-state index in [1.165, 1.54) is 13.1 Å². The maximum absolute atomic E-state index is 15.1. The van der Waals surface area contributed by atoms with Gasteiger partial charge in [-0.15, -0.1) is 10.6 Å². The Morgan fingerprint density at radius 2 is 2.17 bits per heavy atom. The highest BCUT2D eigenvalue weighted by molar-refractivity contribution is 6.83. The first-order valence-corrected chi connectivity index (χ1v) is 13.7. The Hall–Kier alpha value is -2.44. The Balaban J connectivity index is 1.99. The van der Waals surface area contributed by atoms with Gasteiger partial charge < -0.3 is 14.8 Å². The lowest BCUT2D eigenvalue weighted by atomic mass is 10.1. The Kier molecular flexibility index (Phi) is 6.48. The maximum atomic E-state index is 15.1. The van der Waals surface area contributed by atoms with Gasteiger partial charge in [0.2, 0.25) is 5.95 Å². The van der Waals surface area contributed by atoms with Crippen molar-refractivity contribution in [3.8, 4) is 11.5 Å². The van der Waals surface area contributed by atoms with Crippen LogP contribution in [0.5, 0.6) is 0 Å². The molecule has 0 bridgehead atoms. The van der Waals surface area contributed by atoms with Crippen LogP contribution in [-0.4, -0.2) is 54.0 Å². The van der Waals surface area contributed by atoms with Crippen LogP contribution >= 0.6 is 0 Å². The number of carbonyl (C=O) groups excluding carboxylic acids is 1. The summed E-state index contributed by atoms with van der Waals surface area (Å²) in [5.41, 5.74) is 4.66. The highest BCUT2D eigenvalue weighted by Gasteiger charge is 2.29. The van der Waals surface area contributed by atoms with Gasteiger partial charge in [0, 0.05) is 13.5 Å². The van der Waals surface area contributed by atoms with Crippen LogP contribution < -0.4 is 5.32 Å². The van der Waals surface area contributed by atoms with Crippen LogP contribution in [0.3, 0.4) is 0 Å². The van der Waals surface area contributed by atoms with Gasteiger partial charge in [0.25, 0.3) is 0 Å². The molecule has 0 saturated carbocycles. The minimum atomic E-state index is -1.67. The van der Waals surface area contributed by atoms with Crippen LogP contribution in [0, 0.1) is 17.3 Å². The number of aromatic nitrogens is 3. The molecular formula is C21H29FN4O3Si. The molecule has 2 aromatic heterocycles. The highest BCUT2D eigenvalue weighted by atomic mass is 28.3. The number of hydrogen-bond donors (Lipinski definition) is 1. The Morgan fingerprint density at radius 3 is 2.80 bits per heavy atom. The molecule has 0 radical (unpaired) electrons. The Morgan fingerprint density at radius 1 is 1.43 bits per heavy atom. The maximum Gasteiger partial charge on any atom is 0.303 e. The summed E-state index contributed by atoms with van der Waals surface area (Å²) in [6.07, 6.45) is 1.68. The van der Waals surface area contributed by atoms with Crippen molar-refractivity contribution in [2.75, 3.05) is 18.5 Å². The lowest BCUT2D eigenvalue weighted by molar-refractivity contribution is -0.153. The predicted octanol–water partition coefficient (Wildman–Crippen LogP) is 3.35. The molecule has 3 rings (SSSR count). The second-order valence-electron chi connectivity index (χ2n) is 8.87. The second kappa shape index (κ2) is 8.74. The third-order valence-electron chi connectivity index (χ3n) is 4.71. The zero-order valence-electron chi connectivity index (χ0n) is 18.4. The number of fused-ring (bicyclic) bond motifs is 1. The average Bonchev–Trinajstić information content (AvgIpc) is 2.92. The first-order chi connectivity index (χ1) is 14.1. The molecular weight excluding hydrogens is 403 g/mol. The topological polar surface area (TPSA) is 77.8 Å². The van der Waals surface area contributed by atoms with Crippen molar-refractivity contribution in [2.24, 2.45) is 0 Å². The van der Waals surface area contributed by atoms with E-state index in [-0.39, 0.29) is 23.7 Å². The minimum absolute atomic E-state index is 0.0209. The van der Waals surface area contributed by atoms with Crippen LogP contribution in [0.2, 0.25) is 19.6 Å². The van der Waals surface area contributed by atoms with Gasteiger partial charge in [-0.05, 0) is 12.3 Å². The number of anilines is 1. The van der Waals surface area contributed by atoms with E-state index in [0.29, 0.717) is 36.7 Å². The zero-order chi connectivity index (χ0) is 22.1. The van der Waals surface area contributed by atoms with Gasteiger partial charge in [0.1, 0.15) is 19.7 Å². The molecule has 0 aromatic carbocycles. The minimum Gasteiger partial charge on any atom is -0.458 e. The molecule has 1 fully saturated rings. The quantitative estimate of drug-likeness (QED) is 0.454. The van der Waals surface area contributed by atoms with E-state index < -0.39 is 14.2 Å². The third-order valence-corrected chi connectivity index (χ3v) is 5.58. The van der Waals surface area contributed by atoms with Gasteiger partial charge in [-0.2, -0.15) is 0 Å². The molecule has 30 heavy (non-hydrogen) atoms. The van der Waals surface area contributed by atoms with Crippen LogP contribution in [0.1, 0.15) is 44.4 Å².